The Labute approximate surface area is 142 Å². The molecule has 0 fully saturated rings. The molecule has 2 N–H and O–H groups in total. The van der Waals surface area contributed by atoms with E-state index in [2.05, 4.69) is 0 Å². The van der Waals surface area contributed by atoms with Gasteiger partial charge in [-0.3, -0.25) is 0 Å². The number of rotatable bonds is 1. The van der Waals surface area contributed by atoms with Crippen LogP contribution in [0.25, 0.3) is 0 Å². The minimum absolute atomic E-state index is 0.139. The van der Waals surface area contributed by atoms with E-state index >= 15 is 0 Å². The van der Waals surface area contributed by atoms with Crippen LogP contribution >= 0.6 is 0 Å². The first kappa shape index (κ1) is 21.2. The number of hydrogen-bond donors (Lipinski definition) is 2. The normalized spacial score (nSPS) is 34.5. The number of aliphatic hydroxyl groups is 2. The van der Waals surface area contributed by atoms with Crippen molar-refractivity contribution in [3.8, 4) is 0 Å². The van der Waals surface area contributed by atoms with E-state index < -0.39 is 24.0 Å². The second-order valence-corrected chi connectivity index (χ2v) is 6.77. The molecule has 0 radical (unpaired) electrons. The average molecular weight is 350 g/mol. The molecule has 1 unspecified atom stereocenters. The van der Waals surface area contributed by atoms with Crippen molar-refractivity contribution >= 4 is 0 Å². The molecule has 6 heteroatoms. The molecular formula is C18H29F3O3. The Bertz CT molecular complexity index is 445. The van der Waals surface area contributed by atoms with Crippen molar-refractivity contribution in [2.24, 2.45) is 5.92 Å². The topological polar surface area (TPSA) is 49.7 Å². The van der Waals surface area contributed by atoms with Gasteiger partial charge in [0.05, 0.1) is 6.10 Å². The molecule has 1 rings (SSSR count). The molecule has 3 nitrogen and oxygen atoms in total. The Kier molecular flexibility index (Phi) is 7.96. The summed E-state index contributed by atoms with van der Waals surface area (Å²) in [6.45, 7) is 3.53. The maximum absolute atomic E-state index is 13.2. The summed E-state index contributed by atoms with van der Waals surface area (Å²) in [5, 5.41) is 20.4. The molecule has 4 atom stereocenters. The molecular weight excluding hydrogens is 321 g/mol. The van der Waals surface area contributed by atoms with Crippen LogP contribution in [-0.4, -0.2) is 41.3 Å². The van der Waals surface area contributed by atoms with E-state index in [-0.39, 0.29) is 25.2 Å². The molecule has 140 valence electrons. The summed E-state index contributed by atoms with van der Waals surface area (Å²) >= 11 is 0. The van der Waals surface area contributed by atoms with Gasteiger partial charge < -0.3 is 14.9 Å². The molecule has 1 aliphatic rings. The van der Waals surface area contributed by atoms with Crippen LogP contribution in [0.5, 0.6) is 0 Å². The highest BCUT2D eigenvalue weighted by molar-refractivity contribution is 5.07. The average Bonchev–Trinajstić information content (AvgIpc) is 2.49. The number of ether oxygens (including phenoxy) is 1. The summed E-state index contributed by atoms with van der Waals surface area (Å²) in [5.41, 5.74) is -1.92. The van der Waals surface area contributed by atoms with Crippen LogP contribution in [0.4, 0.5) is 13.2 Å². The number of aliphatic hydroxyl groups excluding tert-OH is 1. The zero-order chi connectivity index (χ0) is 18.4. The summed E-state index contributed by atoms with van der Waals surface area (Å²) in [7, 11) is 1.52. The maximum Gasteiger partial charge on any atom is 0.417 e. The van der Waals surface area contributed by atoms with Gasteiger partial charge in [-0.1, -0.05) is 30.7 Å². The summed E-state index contributed by atoms with van der Waals surface area (Å²) < 4.78 is 45.0. The van der Waals surface area contributed by atoms with Crippen LogP contribution in [-0.2, 0) is 4.74 Å². The smallest absolute Gasteiger partial charge is 0.389 e. The first-order valence-electron chi connectivity index (χ1n) is 8.44. The van der Waals surface area contributed by atoms with E-state index in [9.17, 15) is 23.4 Å². The quantitative estimate of drug-likeness (QED) is 0.699. The number of halogens is 3. The fourth-order valence-corrected chi connectivity index (χ4v) is 2.98. The Morgan fingerprint density at radius 3 is 2.50 bits per heavy atom. The van der Waals surface area contributed by atoms with Crippen LogP contribution in [0.3, 0.4) is 0 Å². The molecule has 0 aliphatic heterocycles. The molecule has 0 heterocycles. The van der Waals surface area contributed by atoms with Gasteiger partial charge in [-0.15, -0.1) is 0 Å². The van der Waals surface area contributed by atoms with Crippen molar-refractivity contribution in [2.75, 3.05) is 7.11 Å². The van der Waals surface area contributed by atoms with Crippen LogP contribution in [0, 0.1) is 5.92 Å². The molecule has 0 spiro atoms. The van der Waals surface area contributed by atoms with Gasteiger partial charge in [0.2, 0.25) is 0 Å². The lowest BCUT2D eigenvalue weighted by atomic mass is 9.87. The minimum Gasteiger partial charge on any atom is -0.389 e. The third-order valence-corrected chi connectivity index (χ3v) is 4.69. The highest BCUT2D eigenvalue weighted by Crippen LogP contribution is 2.39. The Morgan fingerprint density at radius 2 is 1.92 bits per heavy atom. The first-order chi connectivity index (χ1) is 11.1. The second kappa shape index (κ2) is 9.02. The van der Waals surface area contributed by atoms with Gasteiger partial charge in [0.1, 0.15) is 6.10 Å². The predicted molar refractivity (Wildman–Crippen MR) is 87.6 cm³/mol. The summed E-state index contributed by atoms with van der Waals surface area (Å²) in [6.07, 6.45) is 0.402. The monoisotopic (exact) mass is 350 g/mol. The number of hydrogen-bond acceptors (Lipinski definition) is 3. The van der Waals surface area contributed by atoms with E-state index in [0.717, 1.165) is 5.57 Å². The van der Waals surface area contributed by atoms with Gasteiger partial charge in [0, 0.05) is 13.0 Å². The van der Waals surface area contributed by atoms with Crippen LogP contribution in [0.15, 0.2) is 23.8 Å². The fourth-order valence-electron chi connectivity index (χ4n) is 2.98. The lowest BCUT2D eigenvalue weighted by molar-refractivity contribution is -0.265. The molecule has 0 aromatic heterocycles. The molecule has 0 aromatic carbocycles. The Hall–Kier alpha value is -0.850. The van der Waals surface area contributed by atoms with Gasteiger partial charge >= 0.3 is 6.18 Å². The molecule has 24 heavy (non-hydrogen) atoms. The van der Waals surface area contributed by atoms with Crippen molar-refractivity contribution in [2.45, 2.75) is 76.4 Å². The van der Waals surface area contributed by atoms with E-state index in [1.165, 1.54) is 7.11 Å². The largest absolute Gasteiger partial charge is 0.417 e. The maximum atomic E-state index is 13.2. The zero-order valence-corrected chi connectivity index (χ0v) is 14.6. The van der Waals surface area contributed by atoms with E-state index in [1.54, 1.807) is 26.0 Å². The molecule has 0 amide bonds. The van der Waals surface area contributed by atoms with E-state index in [0.29, 0.717) is 19.3 Å². The molecule has 0 bridgehead atoms. The SMILES string of the molecule is CO[C@H]1C=CCCCCC(O)(C(F)(F)F)CCC(C)=C[C@@H](C)[C@@H]1O. The second-order valence-electron chi connectivity index (χ2n) is 6.77. The van der Waals surface area contributed by atoms with Crippen molar-refractivity contribution in [1.29, 1.82) is 0 Å². The molecule has 0 saturated heterocycles. The summed E-state index contributed by atoms with van der Waals surface area (Å²) in [5.74, 6) is -0.262. The first-order valence-corrected chi connectivity index (χ1v) is 8.44. The minimum atomic E-state index is -4.63. The fraction of sp³-hybridized carbons (Fsp3) is 0.778. The van der Waals surface area contributed by atoms with Gasteiger partial charge in [0.15, 0.2) is 5.60 Å². The van der Waals surface area contributed by atoms with Crippen LogP contribution in [0.1, 0.15) is 52.4 Å². The van der Waals surface area contributed by atoms with Crippen LogP contribution in [0.2, 0.25) is 0 Å². The predicted octanol–water partition coefficient (Wildman–Crippen LogP) is 4.15. The van der Waals surface area contributed by atoms with Crippen molar-refractivity contribution in [3.63, 3.8) is 0 Å². The summed E-state index contributed by atoms with van der Waals surface area (Å²) in [4.78, 5) is 0. The van der Waals surface area contributed by atoms with Gasteiger partial charge in [-0.2, -0.15) is 13.2 Å². The van der Waals surface area contributed by atoms with Crippen LogP contribution < -0.4 is 0 Å². The third-order valence-electron chi connectivity index (χ3n) is 4.69. The summed E-state index contributed by atoms with van der Waals surface area (Å²) in [6, 6.07) is 0. The number of methoxy groups -OCH3 is 1. The van der Waals surface area contributed by atoms with Gasteiger partial charge in [-0.05, 0) is 45.4 Å². The van der Waals surface area contributed by atoms with E-state index in [1.807, 2.05) is 6.08 Å². The number of alkyl halides is 3. The molecule has 1 aliphatic carbocycles. The molecule has 0 saturated carbocycles. The highest BCUT2D eigenvalue weighted by Gasteiger charge is 2.52. The van der Waals surface area contributed by atoms with Gasteiger partial charge in [0.25, 0.3) is 0 Å². The standard InChI is InChI=1S/C18H29F3O3/c1-13-9-11-17(23,18(19,20)21)10-7-5-4-6-8-15(24-3)16(22)14(2)12-13/h6,8,12,14-16,22-23H,4-5,7,9-11H2,1-3H3/t14-,15+,16+,17?/m1/s1. The van der Waals surface area contributed by atoms with Crippen molar-refractivity contribution < 1.29 is 28.1 Å². The Morgan fingerprint density at radius 1 is 1.25 bits per heavy atom. The third kappa shape index (κ3) is 5.90. The Balaban J connectivity index is 2.98. The lowest BCUT2D eigenvalue weighted by Crippen LogP contribution is -2.45. The molecule has 0 aromatic rings. The zero-order valence-electron chi connectivity index (χ0n) is 14.6. The lowest BCUT2D eigenvalue weighted by Gasteiger charge is -2.31. The van der Waals surface area contributed by atoms with Crippen molar-refractivity contribution in [3.05, 3.63) is 23.8 Å². The van der Waals surface area contributed by atoms with E-state index in [4.69, 9.17) is 4.74 Å². The highest BCUT2D eigenvalue weighted by atomic mass is 19.4. The van der Waals surface area contributed by atoms with Crippen molar-refractivity contribution in [1.82, 2.24) is 0 Å². The van der Waals surface area contributed by atoms with Gasteiger partial charge in [-0.25, -0.2) is 0 Å². The number of allylic oxidation sites excluding steroid dienone is 2.